The zero-order valence-corrected chi connectivity index (χ0v) is 39.5. The van der Waals surface area contributed by atoms with Crippen LogP contribution in [0.4, 0.5) is 0 Å². The second kappa shape index (κ2) is 14.4. The number of rotatable bonds is 4. The number of hydrogen-bond acceptors (Lipinski definition) is 3. The quantitative estimate of drug-likeness (QED) is 0.177. The van der Waals surface area contributed by atoms with Gasteiger partial charge in [-0.3, -0.25) is 0 Å². The smallest absolute Gasteiger partial charge is 0.104 e. The molecule has 0 fully saturated rings. The largest absolute Gasteiger partial charge is 0.307 e. The van der Waals surface area contributed by atoms with E-state index in [9.17, 15) is 10.5 Å². The van der Waals surface area contributed by atoms with Crippen molar-refractivity contribution < 1.29 is 0 Å². The van der Waals surface area contributed by atoms with Crippen molar-refractivity contribution >= 4 is 96.9 Å². The molecular weight excluding hydrogens is 883 g/mol. The molecule has 0 unspecified atom stereocenters. The van der Waals surface area contributed by atoms with Crippen molar-refractivity contribution in [2.75, 3.05) is 0 Å². The molecule has 71 heavy (non-hydrogen) atoms. The van der Waals surface area contributed by atoms with Crippen LogP contribution in [0.25, 0.3) is 125 Å². The third kappa shape index (κ3) is 5.21. The van der Waals surface area contributed by atoms with Crippen molar-refractivity contribution in [1.82, 2.24) is 13.7 Å². The van der Waals surface area contributed by atoms with Crippen LogP contribution in [-0.4, -0.2) is 13.7 Å². The maximum Gasteiger partial charge on any atom is 0.104 e. The van der Waals surface area contributed by atoms with Gasteiger partial charge in [-0.05, 0) is 82.4 Å². The highest BCUT2D eigenvalue weighted by atomic mass is 32.1. The molecule has 4 heterocycles. The van der Waals surface area contributed by atoms with E-state index in [0.717, 1.165) is 98.2 Å². The summed E-state index contributed by atoms with van der Waals surface area (Å²) in [6.07, 6.45) is 0. The Bertz CT molecular complexity index is 4510. The van der Waals surface area contributed by atoms with Crippen LogP contribution >= 0.6 is 11.3 Å². The summed E-state index contributed by atoms with van der Waals surface area (Å²) in [5.74, 6) is 0. The molecule has 5 nitrogen and oxygen atoms in total. The van der Waals surface area contributed by atoms with Crippen molar-refractivity contribution in [1.29, 1.82) is 10.5 Å². The first-order chi connectivity index (χ1) is 34.9. The van der Waals surface area contributed by atoms with Gasteiger partial charge in [0.1, 0.15) is 23.3 Å². The molecule has 0 saturated carbocycles. The molecule has 0 atom stereocenters. The molecule has 10 aromatic carbocycles. The van der Waals surface area contributed by atoms with Crippen molar-refractivity contribution in [2.24, 2.45) is 0 Å². The molecule has 1 aliphatic carbocycles. The molecule has 330 valence electrons. The number of benzene rings is 10. The first kappa shape index (κ1) is 39.8. The van der Waals surface area contributed by atoms with Crippen LogP contribution in [0.1, 0.15) is 36.1 Å². The highest BCUT2D eigenvalue weighted by molar-refractivity contribution is 7.25. The molecule has 0 spiro atoms. The lowest BCUT2D eigenvalue weighted by atomic mass is 9.82. The number of nitrogens with zero attached hydrogens (tertiary/aromatic N) is 5. The standard InChI is InChI=1S/C65H39N5S/c1-65(2)51-24-10-3-17-39(51)46-33-38(31-32-52(46)65)61-63(68-53-25-11-4-18-40(53)41-19-5-12-26-54(41)68)49(36-66)62(50(37-67)64(61)69-55-27-13-6-20-42(55)43-21-7-14-28-56(43)69)70-57-29-15-8-22-44(57)47-34-48-45-23-9-16-30-59(45)71-60(48)35-58(47)70/h3-35H,1-2H3. The lowest BCUT2D eigenvalue weighted by Gasteiger charge is -2.27. The maximum atomic E-state index is 12.4. The van der Waals surface area contributed by atoms with Gasteiger partial charge in [0.25, 0.3) is 0 Å². The third-order valence-electron chi connectivity index (χ3n) is 15.5. The van der Waals surface area contributed by atoms with E-state index in [4.69, 9.17) is 0 Å². The molecule has 0 amide bonds. The Morgan fingerprint density at radius 3 is 1.34 bits per heavy atom. The van der Waals surface area contributed by atoms with Gasteiger partial charge in [-0.15, -0.1) is 11.3 Å². The Kier molecular flexibility index (Phi) is 8.07. The molecule has 1 aliphatic rings. The fourth-order valence-electron chi connectivity index (χ4n) is 12.5. The Morgan fingerprint density at radius 2 is 0.803 bits per heavy atom. The van der Waals surface area contributed by atoms with Gasteiger partial charge in [0.2, 0.25) is 0 Å². The maximum absolute atomic E-state index is 12.4. The van der Waals surface area contributed by atoms with Gasteiger partial charge in [0, 0.05) is 63.5 Å². The minimum Gasteiger partial charge on any atom is -0.307 e. The highest BCUT2D eigenvalue weighted by Crippen LogP contribution is 2.53. The number of para-hydroxylation sites is 5. The molecular formula is C65H39N5S. The van der Waals surface area contributed by atoms with E-state index in [1.807, 2.05) is 0 Å². The van der Waals surface area contributed by atoms with Gasteiger partial charge in [0.15, 0.2) is 0 Å². The number of thiophene rings is 1. The average Bonchev–Trinajstić information content (AvgIpc) is 4.19. The van der Waals surface area contributed by atoms with Crippen LogP contribution in [0.15, 0.2) is 200 Å². The van der Waals surface area contributed by atoms with E-state index in [1.165, 1.54) is 32.2 Å². The summed E-state index contributed by atoms with van der Waals surface area (Å²) in [7, 11) is 0. The van der Waals surface area contributed by atoms with Gasteiger partial charge >= 0.3 is 0 Å². The molecule has 4 aromatic heterocycles. The van der Waals surface area contributed by atoms with E-state index in [-0.39, 0.29) is 5.41 Å². The number of hydrogen-bond donors (Lipinski definition) is 0. The zero-order valence-electron chi connectivity index (χ0n) is 38.7. The summed E-state index contributed by atoms with van der Waals surface area (Å²) in [6.45, 7) is 4.61. The minimum atomic E-state index is -0.231. The summed E-state index contributed by atoms with van der Waals surface area (Å²) < 4.78 is 9.20. The number of nitriles is 2. The molecule has 0 radical (unpaired) electrons. The van der Waals surface area contributed by atoms with E-state index < -0.39 is 0 Å². The predicted molar refractivity (Wildman–Crippen MR) is 295 cm³/mol. The Balaban J connectivity index is 1.22. The number of aromatic nitrogens is 3. The van der Waals surface area contributed by atoms with Crippen LogP contribution in [0.5, 0.6) is 0 Å². The van der Waals surface area contributed by atoms with E-state index in [0.29, 0.717) is 16.8 Å². The fraction of sp³-hybridized carbons (Fsp3) is 0.0462. The second-order valence-corrected chi connectivity index (χ2v) is 20.5. The van der Waals surface area contributed by atoms with Gasteiger partial charge in [-0.1, -0.05) is 159 Å². The Hall–Kier alpha value is -9.20. The monoisotopic (exact) mass is 921 g/mol. The van der Waals surface area contributed by atoms with E-state index >= 15 is 0 Å². The van der Waals surface area contributed by atoms with Crippen molar-refractivity contribution in [3.05, 3.63) is 222 Å². The summed E-state index contributed by atoms with van der Waals surface area (Å²) >= 11 is 1.77. The molecule has 6 heteroatoms. The summed E-state index contributed by atoms with van der Waals surface area (Å²) in [5.41, 5.74) is 14.9. The second-order valence-electron chi connectivity index (χ2n) is 19.4. The van der Waals surface area contributed by atoms with E-state index in [1.54, 1.807) is 11.3 Å². The summed E-state index contributed by atoms with van der Waals surface area (Å²) in [5, 5.41) is 33.6. The average molecular weight is 922 g/mol. The van der Waals surface area contributed by atoms with Crippen LogP contribution in [0, 0.1) is 22.7 Å². The predicted octanol–water partition coefficient (Wildman–Crippen LogP) is 17.1. The molecule has 0 aliphatic heterocycles. The SMILES string of the molecule is CC1(C)c2ccccc2-c2cc(-c3c(-n4c5ccccc5c5ccccc54)c(C#N)c(-n4c5ccccc5c5cc6c(cc54)sc4ccccc46)c(C#N)c3-n3c4ccccc4c4ccccc43)ccc21. The summed E-state index contributed by atoms with van der Waals surface area (Å²) in [6, 6.07) is 77.0. The molecule has 0 N–H and O–H groups in total. The first-order valence-corrected chi connectivity index (χ1v) is 24.9. The number of fused-ring (bicyclic) bond motifs is 15. The molecule has 0 bridgehead atoms. The highest BCUT2D eigenvalue weighted by Gasteiger charge is 2.37. The van der Waals surface area contributed by atoms with Crippen LogP contribution < -0.4 is 0 Å². The van der Waals surface area contributed by atoms with Crippen molar-refractivity contribution in [2.45, 2.75) is 19.3 Å². The summed E-state index contributed by atoms with van der Waals surface area (Å²) in [4.78, 5) is 0. The van der Waals surface area contributed by atoms with Crippen molar-refractivity contribution in [3.8, 4) is 51.5 Å². The zero-order chi connectivity index (χ0) is 47.3. The van der Waals surface area contributed by atoms with Crippen molar-refractivity contribution in [3.63, 3.8) is 0 Å². The lowest BCUT2D eigenvalue weighted by molar-refractivity contribution is 0.660. The van der Waals surface area contributed by atoms with Gasteiger partial charge in [0.05, 0.1) is 50.2 Å². The van der Waals surface area contributed by atoms with Crippen LogP contribution in [-0.2, 0) is 5.41 Å². The van der Waals surface area contributed by atoms with Gasteiger partial charge in [-0.25, -0.2) is 0 Å². The molecule has 14 aromatic rings. The minimum absolute atomic E-state index is 0.231. The Morgan fingerprint density at radius 1 is 0.366 bits per heavy atom. The normalized spacial score (nSPS) is 13.0. The fourth-order valence-corrected chi connectivity index (χ4v) is 13.6. The molecule has 15 rings (SSSR count). The first-order valence-electron chi connectivity index (χ1n) is 24.1. The Labute approximate surface area is 412 Å². The van der Waals surface area contributed by atoms with E-state index in [2.05, 4.69) is 240 Å². The van der Waals surface area contributed by atoms with Crippen LogP contribution in [0.2, 0.25) is 0 Å². The molecule has 0 saturated heterocycles. The van der Waals surface area contributed by atoms with Gasteiger partial charge in [-0.2, -0.15) is 10.5 Å². The lowest BCUT2D eigenvalue weighted by Crippen LogP contribution is -2.15. The third-order valence-corrected chi connectivity index (χ3v) is 16.7. The topological polar surface area (TPSA) is 62.4 Å². The van der Waals surface area contributed by atoms with Gasteiger partial charge < -0.3 is 13.7 Å². The van der Waals surface area contributed by atoms with Crippen LogP contribution in [0.3, 0.4) is 0 Å².